The van der Waals surface area contributed by atoms with Crippen molar-refractivity contribution in [3.05, 3.63) is 11.6 Å². The van der Waals surface area contributed by atoms with Crippen LogP contribution in [0.3, 0.4) is 0 Å². The maximum absolute atomic E-state index is 10.5. The lowest BCUT2D eigenvalue weighted by molar-refractivity contribution is 0.424. The van der Waals surface area contributed by atoms with Crippen LogP contribution in [-0.4, -0.2) is 0 Å². The van der Waals surface area contributed by atoms with Crippen molar-refractivity contribution in [2.45, 2.75) is 0 Å². The van der Waals surface area contributed by atoms with Gasteiger partial charge in [-0.25, -0.2) is 0 Å². The summed E-state index contributed by atoms with van der Waals surface area (Å²) >= 11 is 4.42. The Morgan fingerprint density at radius 1 is 1.50 bits per heavy atom. The van der Waals surface area contributed by atoms with Gasteiger partial charge >= 0.3 is 0 Å². The largest absolute Gasteiger partial charge is 0.281 e. The van der Waals surface area contributed by atoms with Crippen LogP contribution in [0.5, 0.6) is 0 Å². The summed E-state index contributed by atoms with van der Waals surface area (Å²) in [5, 5.41) is 0. The fraction of sp³-hybridized carbons (Fsp3) is 0. The van der Waals surface area contributed by atoms with Crippen molar-refractivity contribution in [3.8, 4) is 0 Å². The van der Waals surface area contributed by atoms with E-state index in [9.17, 15) is 8.78 Å². The van der Waals surface area contributed by atoms with Crippen molar-refractivity contribution in [3.63, 3.8) is 0 Å². The van der Waals surface area contributed by atoms with Crippen molar-refractivity contribution >= 4 is 11.6 Å². The van der Waals surface area contributed by atoms with Gasteiger partial charge in [-0.05, 0) is 0 Å². The Balaban J connectivity index is 0. The Morgan fingerprint density at radius 3 is 1.67 bits per heavy atom. The van der Waals surface area contributed by atoms with E-state index in [1.807, 2.05) is 0 Å². The van der Waals surface area contributed by atoms with Crippen LogP contribution in [0.2, 0.25) is 0 Å². The second-order valence-electron chi connectivity index (χ2n) is 0.399. The third kappa shape index (κ3) is 9.17. The molecule has 0 radical (unpaired) electrons. The van der Waals surface area contributed by atoms with Crippen molar-refractivity contribution in [2.24, 2.45) is 0 Å². The van der Waals surface area contributed by atoms with Crippen LogP contribution in [0, 0.1) is 0 Å². The Bertz CT molecular complexity index is 46.8. The third-order valence-corrected chi connectivity index (χ3v) is 0.247. The minimum Gasteiger partial charge on any atom is -0.269 e. The molecule has 0 saturated carbocycles. The molecular formula is C2H2ClF3. The van der Waals surface area contributed by atoms with Gasteiger partial charge in [0.25, 0.3) is 6.08 Å². The number of halogens is 4. The molecule has 0 atom stereocenters. The van der Waals surface area contributed by atoms with Gasteiger partial charge in [0, 0.05) is 0 Å². The second kappa shape index (κ2) is 4.82. The normalized spacial score (nSPS) is 5.83. The van der Waals surface area contributed by atoms with Gasteiger partial charge in [-0.3, -0.25) is 4.70 Å². The molecule has 0 aliphatic heterocycles. The van der Waals surface area contributed by atoms with Gasteiger partial charge in [0.2, 0.25) is 0 Å². The minimum absolute atomic E-state index is 0. The van der Waals surface area contributed by atoms with Crippen molar-refractivity contribution in [2.75, 3.05) is 0 Å². The Labute approximate surface area is 37.8 Å². The second-order valence-corrected chi connectivity index (χ2v) is 0.617. The summed E-state index contributed by atoms with van der Waals surface area (Å²) in [7, 11) is 0. The van der Waals surface area contributed by atoms with E-state index in [1.54, 1.807) is 0 Å². The molecule has 38 valence electrons. The van der Waals surface area contributed by atoms with Gasteiger partial charge in [-0.1, -0.05) is 11.6 Å². The first-order valence-corrected chi connectivity index (χ1v) is 1.32. The molecule has 0 heterocycles. The van der Waals surface area contributed by atoms with E-state index in [0.717, 1.165) is 0 Å². The highest BCUT2D eigenvalue weighted by atomic mass is 35.5. The molecule has 0 nitrogen and oxygen atoms in total. The molecule has 0 unspecified atom stereocenters. The zero-order valence-electron chi connectivity index (χ0n) is 2.62. The number of hydrogen-bond acceptors (Lipinski definition) is 0. The Morgan fingerprint density at radius 2 is 1.67 bits per heavy atom. The summed E-state index contributed by atoms with van der Waals surface area (Å²) in [6.07, 6.45) is -1.85. The van der Waals surface area contributed by atoms with Gasteiger partial charge in [0.1, 0.15) is 0 Å². The van der Waals surface area contributed by atoms with E-state index in [-0.39, 0.29) is 10.2 Å². The molecule has 4 heteroatoms. The van der Waals surface area contributed by atoms with Gasteiger partial charge in [-0.2, -0.15) is 8.78 Å². The molecule has 0 spiro atoms. The molecule has 0 aliphatic rings. The molecule has 0 N–H and O–H groups in total. The topological polar surface area (TPSA) is 0 Å². The van der Waals surface area contributed by atoms with E-state index < -0.39 is 6.08 Å². The Kier molecular flexibility index (Phi) is 7.44. The highest BCUT2D eigenvalue weighted by Gasteiger charge is 1.76. The summed E-state index contributed by atoms with van der Waals surface area (Å²) in [5.41, 5.74) is 0.222. The van der Waals surface area contributed by atoms with E-state index in [1.165, 1.54) is 0 Å². The predicted molar refractivity (Wildman–Crippen MR) is 18.7 cm³/mol. The van der Waals surface area contributed by atoms with Crippen LogP contribution < -0.4 is 0 Å². The van der Waals surface area contributed by atoms with E-state index in [4.69, 9.17) is 0 Å². The molecule has 0 saturated heterocycles. The lowest BCUT2D eigenvalue weighted by Gasteiger charge is -1.60. The van der Waals surface area contributed by atoms with Crippen molar-refractivity contribution in [1.29, 1.82) is 0 Å². The third-order valence-electron chi connectivity index (χ3n) is 0.0825. The standard InChI is InChI=1S/C2HClF2.FH/c3-1-2(4)5;/h1H;1H. The molecule has 0 bridgehead atoms. The quantitative estimate of drug-likeness (QED) is 0.457. The molecule has 0 amide bonds. The fourth-order valence-corrected chi connectivity index (χ4v) is 0. The van der Waals surface area contributed by atoms with Crippen LogP contribution in [0.25, 0.3) is 0 Å². The number of rotatable bonds is 0. The average molecular weight is 118 g/mol. The van der Waals surface area contributed by atoms with Crippen molar-refractivity contribution < 1.29 is 13.5 Å². The van der Waals surface area contributed by atoms with Gasteiger partial charge in [-0.15, -0.1) is 0 Å². The molecule has 6 heavy (non-hydrogen) atoms. The van der Waals surface area contributed by atoms with E-state index in [2.05, 4.69) is 11.6 Å². The first kappa shape index (κ1) is 9.27. The summed E-state index contributed by atoms with van der Waals surface area (Å²) in [5.74, 6) is 0. The highest BCUT2D eigenvalue weighted by molar-refractivity contribution is 6.25. The summed E-state index contributed by atoms with van der Waals surface area (Å²) in [6.45, 7) is 0. The summed E-state index contributed by atoms with van der Waals surface area (Å²) in [6, 6.07) is 0. The molecule has 0 fully saturated rings. The fourth-order valence-electron chi connectivity index (χ4n) is 0. The molecular weight excluding hydrogens is 116 g/mol. The maximum atomic E-state index is 10.5. The zero-order chi connectivity index (χ0) is 4.28. The molecule has 0 aromatic rings. The molecule has 0 aromatic heterocycles. The summed E-state index contributed by atoms with van der Waals surface area (Å²) in [4.78, 5) is 0. The smallest absolute Gasteiger partial charge is 0.269 e. The highest BCUT2D eigenvalue weighted by Crippen LogP contribution is 1.96. The zero-order valence-corrected chi connectivity index (χ0v) is 3.38. The van der Waals surface area contributed by atoms with Crippen LogP contribution in [0.15, 0.2) is 11.6 Å². The van der Waals surface area contributed by atoms with Crippen LogP contribution >= 0.6 is 11.6 Å². The molecule has 0 aromatic carbocycles. The lowest BCUT2D eigenvalue weighted by Crippen LogP contribution is -1.40. The van der Waals surface area contributed by atoms with Crippen LogP contribution in [0.4, 0.5) is 13.5 Å². The predicted octanol–water partition coefficient (Wildman–Crippen LogP) is 2.12. The van der Waals surface area contributed by atoms with Gasteiger partial charge in [0.05, 0.1) is 5.54 Å². The monoisotopic (exact) mass is 118 g/mol. The van der Waals surface area contributed by atoms with Crippen molar-refractivity contribution in [1.82, 2.24) is 0 Å². The molecule has 0 rings (SSSR count). The van der Waals surface area contributed by atoms with Crippen LogP contribution in [0.1, 0.15) is 0 Å². The lowest BCUT2D eigenvalue weighted by atomic mass is 11.1. The first-order chi connectivity index (χ1) is 2.27. The molecule has 0 aliphatic carbocycles. The van der Waals surface area contributed by atoms with Gasteiger partial charge in [0.15, 0.2) is 0 Å². The minimum atomic E-state index is -1.85. The average Bonchev–Trinajstić information content (AvgIpc) is 1.38. The summed E-state index contributed by atoms with van der Waals surface area (Å²) < 4.78 is 21.0. The van der Waals surface area contributed by atoms with Gasteiger partial charge < -0.3 is 0 Å². The van der Waals surface area contributed by atoms with E-state index in [0.29, 0.717) is 0 Å². The SMILES string of the molecule is F.FC(F)=CCl. The maximum Gasteiger partial charge on any atom is 0.281 e. The Hall–Kier alpha value is -0.180. The van der Waals surface area contributed by atoms with E-state index >= 15 is 0 Å². The van der Waals surface area contributed by atoms with Crippen LogP contribution in [-0.2, 0) is 0 Å². The number of hydrogen-bond donors (Lipinski definition) is 0. The first-order valence-electron chi connectivity index (χ1n) is 0.885.